The van der Waals surface area contributed by atoms with E-state index in [2.05, 4.69) is 0 Å². The lowest BCUT2D eigenvalue weighted by atomic mass is 9.80. The Morgan fingerprint density at radius 1 is 0.750 bits per heavy atom. The van der Waals surface area contributed by atoms with Gasteiger partial charge in [0.15, 0.2) is 0 Å². The lowest BCUT2D eigenvalue weighted by Gasteiger charge is -2.39. The van der Waals surface area contributed by atoms with Gasteiger partial charge in [-0.2, -0.15) is 0 Å². The minimum Gasteiger partial charge on any atom is -0.369 e. The second kappa shape index (κ2) is 6.91. The SMILES string of the molecule is CC1=C(c2ccccc2)N(c2ccccc2)C(=O)C(O)(c2ccccc2)C1=O. The quantitative estimate of drug-likeness (QED) is 0.712. The predicted octanol–water partition coefficient (Wildman–Crippen LogP) is 3.92. The zero-order chi connectivity index (χ0) is 19.7. The first kappa shape index (κ1) is 17.9. The molecule has 4 rings (SSSR count). The van der Waals surface area contributed by atoms with Gasteiger partial charge >= 0.3 is 0 Å². The highest BCUT2D eigenvalue weighted by Gasteiger charge is 2.53. The molecule has 0 fully saturated rings. The Morgan fingerprint density at radius 2 is 1.25 bits per heavy atom. The molecule has 1 heterocycles. The van der Waals surface area contributed by atoms with Gasteiger partial charge < -0.3 is 5.11 Å². The van der Waals surface area contributed by atoms with Crippen LogP contribution in [0.5, 0.6) is 0 Å². The molecule has 4 nitrogen and oxygen atoms in total. The van der Waals surface area contributed by atoms with Crippen LogP contribution < -0.4 is 4.90 Å². The topological polar surface area (TPSA) is 57.6 Å². The van der Waals surface area contributed by atoms with E-state index in [1.54, 1.807) is 49.4 Å². The van der Waals surface area contributed by atoms with Crippen LogP contribution in [-0.4, -0.2) is 16.8 Å². The van der Waals surface area contributed by atoms with Crippen LogP contribution in [0.3, 0.4) is 0 Å². The van der Waals surface area contributed by atoms with E-state index < -0.39 is 17.3 Å². The summed E-state index contributed by atoms with van der Waals surface area (Å²) in [6.07, 6.45) is 0. The van der Waals surface area contributed by atoms with Gasteiger partial charge in [-0.25, -0.2) is 0 Å². The van der Waals surface area contributed by atoms with E-state index in [9.17, 15) is 14.7 Å². The summed E-state index contributed by atoms with van der Waals surface area (Å²) in [5.74, 6) is -1.28. The van der Waals surface area contributed by atoms with Crippen LogP contribution in [-0.2, 0) is 15.2 Å². The number of carbonyl (C=O) groups is 2. The van der Waals surface area contributed by atoms with Gasteiger partial charge in [-0.15, -0.1) is 0 Å². The Hall–Kier alpha value is -3.50. The molecular weight excluding hydrogens is 350 g/mol. The monoisotopic (exact) mass is 369 g/mol. The number of amides is 1. The highest BCUT2D eigenvalue weighted by Crippen LogP contribution is 2.41. The number of carbonyl (C=O) groups excluding carboxylic acids is 2. The molecule has 0 aromatic heterocycles. The summed E-state index contributed by atoms with van der Waals surface area (Å²) in [6.45, 7) is 1.65. The summed E-state index contributed by atoms with van der Waals surface area (Å²) in [5, 5.41) is 11.4. The smallest absolute Gasteiger partial charge is 0.276 e. The molecule has 3 aromatic rings. The van der Waals surface area contributed by atoms with Gasteiger partial charge in [0.05, 0.1) is 5.70 Å². The number of nitrogens with zero attached hydrogens (tertiary/aromatic N) is 1. The van der Waals surface area contributed by atoms with Crippen molar-refractivity contribution in [2.75, 3.05) is 4.90 Å². The van der Waals surface area contributed by atoms with E-state index in [1.165, 1.54) is 4.90 Å². The lowest BCUT2D eigenvalue weighted by molar-refractivity contribution is -0.149. The average molecular weight is 369 g/mol. The van der Waals surface area contributed by atoms with Crippen molar-refractivity contribution in [1.82, 2.24) is 0 Å². The van der Waals surface area contributed by atoms with Gasteiger partial charge in [0, 0.05) is 16.8 Å². The summed E-state index contributed by atoms with van der Waals surface area (Å²) < 4.78 is 0. The van der Waals surface area contributed by atoms with Crippen LogP contribution in [0.25, 0.3) is 5.70 Å². The van der Waals surface area contributed by atoms with Crippen LogP contribution in [0, 0.1) is 0 Å². The van der Waals surface area contributed by atoms with Crippen molar-refractivity contribution in [1.29, 1.82) is 0 Å². The Labute approximate surface area is 163 Å². The van der Waals surface area contributed by atoms with Gasteiger partial charge in [-0.05, 0) is 24.6 Å². The maximum Gasteiger partial charge on any atom is 0.276 e. The summed E-state index contributed by atoms with van der Waals surface area (Å²) in [5.41, 5.74) is 0.147. The van der Waals surface area contributed by atoms with Crippen LogP contribution in [0.2, 0.25) is 0 Å². The maximum atomic E-state index is 13.6. The zero-order valence-electron chi connectivity index (χ0n) is 15.4. The number of Topliss-reactive ketones (excluding diaryl/α,β-unsaturated/α-hetero) is 1. The van der Waals surface area contributed by atoms with Gasteiger partial charge in [-0.3, -0.25) is 14.5 Å². The number of hydrogen-bond acceptors (Lipinski definition) is 3. The van der Waals surface area contributed by atoms with Crippen molar-refractivity contribution < 1.29 is 14.7 Å². The zero-order valence-corrected chi connectivity index (χ0v) is 15.4. The predicted molar refractivity (Wildman–Crippen MR) is 108 cm³/mol. The van der Waals surface area contributed by atoms with Crippen molar-refractivity contribution in [2.24, 2.45) is 0 Å². The number of anilines is 1. The molecule has 0 aliphatic carbocycles. The van der Waals surface area contributed by atoms with Crippen molar-refractivity contribution in [2.45, 2.75) is 12.5 Å². The molecule has 0 bridgehead atoms. The first-order valence-corrected chi connectivity index (χ1v) is 9.03. The first-order chi connectivity index (χ1) is 13.5. The van der Waals surface area contributed by atoms with Crippen molar-refractivity contribution in [3.8, 4) is 0 Å². The molecule has 0 saturated carbocycles. The molecule has 138 valence electrons. The van der Waals surface area contributed by atoms with Crippen molar-refractivity contribution >= 4 is 23.1 Å². The molecule has 1 aliphatic heterocycles. The molecule has 4 heteroatoms. The fraction of sp³-hybridized carbons (Fsp3) is 0.0833. The standard InChI is InChI=1S/C24H19NO3/c1-17-21(18-11-5-2-6-12-18)25(20-15-9-4-10-16-20)23(27)24(28,22(17)26)19-13-7-3-8-14-19/h2-16,28H,1H3. The third-order valence-corrected chi connectivity index (χ3v) is 5.01. The molecule has 1 N–H and O–H groups in total. The van der Waals surface area contributed by atoms with Crippen LogP contribution in [0.1, 0.15) is 18.1 Å². The number of aliphatic hydroxyl groups is 1. The number of hydrogen-bond donors (Lipinski definition) is 1. The minimum atomic E-state index is -2.26. The number of para-hydroxylation sites is 1. The molecule has 1 atom stereocenters. The Kier molecular flexibility index (Phi) is 4.41. The maximum absolute atomic E-state index is 13.6. The average Bonchev–Trinajstić information content (AvgIpc) is 2.76. The largest absolute Gasteiger partial charge is 0.369 e. The van der Waals surface area contributed by atoms with Crippen LogP contribution in [0.4, 0.5) is 5.69 Å². The van der Waals surface area contributed by atoms with E-state index in [-0.39, 0.29) is 5.56 Å². The summed E-state index contributed by atoms with van der Waals surface area (Å²) in [6, 6.07) is 26.7. The molecule has 0 spiro atoms. The highest BCUT2D eigenvalue weighted by atomic mass is 16.3. The van der Waals surface area contributed by atoms with Crippen molar-refractivity contribution in [3.05, 3.63) is 108 Å². The fourth-order valence-corrected chi connectivity index (χ4v) is 3.61. The van der Waals surface area contributed by atoms with Crippen molar-refractivity contribution in [3.63, 3.8) is 0 Å². The third kappa shape index (κ3) is 2.66. The highest BCUT2D eigenvalue weighted by molar-refractivity contribution is 6.30. The Bertz CT molecular complexity index is 1060. The van der Waals surface area contributed by atoms with Gasteiger partial charge in [-0.1, -0.05) is 78.9 Å². The fourth-order valence-electron chi connectivity index (χ4n) is 3.61. The van der Waals surface area contributed by atoms with Gasteiger partial charge in [0.2, 0.25) is 11.4 Å². The summed E-state index contributed by atoms with van der Waals surface area (Å²) >= 11 is 0. The summed E-state index contributed by atoms with van der Waals surface area (Å²) in [7, 11) is 0. The van der Waals surface area contributed by atoms with Gasteiger partial charge in [0.25, 0.3) is 5.91 Å². The number of benzene rings is 3. The molecule has 1 unspecified atom stereocenters. The van der Waals surface area contributed by atoms with E-state index in [1.807, 2.05) is 48.5 Å². The minimum absolute atomic E-state index is 0.261. The van der Waals surface area contributed by atoms with E-state index in [4.69, 9.17) is 0 Å². The van der Waals surface area contributed by atoms with Crippen LogP contribution in [0.15, 0.2) is 96.6 Å². The van der Waals surface area contributed by atoms with E-state index in [0.29, 0.717) is 17.0 Å². The molecule has 0 radical (unpaired) electrons. The molecule has 1 amide bonds. The molecule has 0 saturated heterocycles. The molecule has 1 aliphatic rings. The third-order valence-electron chi connectivity index (χ3n) is 5.01. The second-order valence-electron chi connectivity index (χ2n) is 6.72. The lowest BCUT2D eigenvalue weighted by Crippen LogP contribution is -2.55. The molecule has 3 aromatic carbocycles. The Morgan fingerprint density at radius 3 is 1.82 bits per heavy atom. The molecule has 28 heavy (non-hydrogen) atoms. The second-order valence-corrected chi connectivity index (χ2v) is 6.72. The van der Waals surface area contributed by atoms with Gasteiger partial charge in [0.1, 0.15) is 0 Å². The normalized spacial score (nSPS) is 19.9. The number of rotatable bonds is 3. The van der Waals surface area contributed by atoms with E-state index >= 15 is 0 Å². The van der Waals surface area contributed by atoms with Crippen LogP contribution >= 0.6 is 0 Å². The number of ketones is 1. The molecular formula is C24H19NO3. The Balaban J connectivity index is 2.00. The summed E-state index contributed by atoms with van der Waals surface area (Å²) in [4.78, 5) is 28.3. The first-order valence-electron chi connectivity index (χ1n) is 9.03. The van der Waals surface area contributed by atoms with E-state index in [0.717, 1.165) is 5.56 Å².